The molecule has 1 heterocycles. The number of rotatable bonds is 5. The molecule has 1 aliphatic heterocycles. The Balaban J connectivity index is 1.89. The monoisotopic (exact) mass is 313 g/mol. The van der Waals surface area contributed by atoms with Gasteiger partial charge in [-0.15, -0.1) is 0 Å². The molecule has 1 aromatic carbocycles. The molecule has 0 radical (unpaired) electrons. The molecular weight excluding hydrogens is 293 g/mol. The molecule has 0 aliphatic carbocycles. The van der Waals surface area contributed by atoms with Crippen molar-refractivity contribution in [1.82, 2.24) is 4.90 Å². The third-order valence-corrected chi connectivity index (χ3v) is 4.68. The maximum Gasteiger partial charge on any atom is 0.303 e. The highest BCUT2D eigenvalue weighted by Gasteiger charge is 2.24. The van der Waals surface area contributed by atoms with Gasteiger partial charge in [0.2, 0.25) is 0 Å². The van der Waals surface area contributed by atoms with Crippen molar-refractivity contribution in [2.75, 3.05) is 13.1 Å². The topological polar surface area (TPSA) is 40.5 Å². The number of piperidine rings is 1. The van der Waals surface area contributed by atoms with Crippen LogP contribution in [0.1, 0.15) is 44.2 Å². The second-order valence-electron chi connectivity index (χ2n) is 5.76. The minimum atomic E-state index is -0.716. The van der Waals surface area contributed by atoms with Gasteiger partial charge in [0.1, 0.15) is 5.82 Å². The first kappa shape index (κ1) is 16.2. The highest BCUT2D eigenvalue weighted by atomic mass is 35.5. The first-order valence-corrected chi connectivity index (χ1v) is 7.76. The molecule has 0 bridgehead atoms. The Kier molecular flexibility index (Phi) is 5.59. The second-order valence-corrected chi connectivity index (χ2v) is 6.17. The molecule has 1 atom stereocenters. The van der Waals surface area contributed by atoms with E-state index in [4.69, 9.17) is 16.7 Å². The molecule has 116 valence electrons. The Hall–Kier alpha value is -1.13. The fraction of sp³-hybridized carbons (Fsp3) is 0.562. The normalized spacial score (nSPS) is 18.6. The molecule has 1 N–H and O–H groups in total. The van der Waals surface area contributed by atoms with Crippen molar-refractivity contribution >= 4 is 17.6 Å². The smallest absolute Gasteiger partial charge is 0.303 e. The third-order valence-electron chi connectivity index (χ3n) is 4.39. The molecule has 1 aromatic rings. The fourth-order valence-corrected chi connectivity index (χ4v) is 3.13. The maximum atomic E-state index is 13.2. The van der Waals surface area contributed by atoms with Crippen LogP contribution in [0.25, 0.3) is 0 Å². The van der Waals surface area contributed by atoms with Gasteiger partial charge < -0.3 is 5.11 Å². The molecule has 0 spiro atoms. The van der Waals surface area contributed by atoms with E-state index in [0.717, 1.165) is 37.9 Å². The number of carbonyl (C=O) groups is 1. The standard InChI is InChI=1S/C16H21ClFNO2/c1-11(13-3-4-15(18)14(17)10-13)19-8-6-12(7-9-19)2-5-16(20)21/h3-4,10-12H,2,5-9H2,1H3,(H,20,21). The molecule has 0 saturated carbocycles. The van der Waals surface area contributed by atoms with E-state index >= 15 is 0 Å². The van der Waals surface area contributed by atoms with E-state index in [1.54, 1.807) is 12.1 Å². The molecule has 1 aliphatic rings. The summed E-state index contributed by atoms with van der Waals surface area (Å²) in [5.41, 5.74) is 1.02. The van der Waals surface area contributed by atoms with Crippen LogP contribution in [0, 0.1) is 11.7 Å². The van der Waals surface area contributed by atoms with Crippen LogP contribution in [0.3, 0.4) is 0 Å². The van der Waals surface area contributed by atoms with E-state index in [2.05, 4.69) is 11.8 Å². The lowest BCUT2D eigenvalue weighted by atomic mass is 9.91. The summed E-state index contributed by atoms with van der Waals surface area (Å²) in [5.74, 6) is -0.604. The van der Waals surface area contributed by atoms with E-state index in [0.29, 0.717) is 5.92 Å². The molecule has 1 fully saturated rings. The molecule has 5 heteroatoms. The van der Waals surface area contributed by atoms with E-state index in [-0.39, 0.29) is 23.3 Å². The number of aliphatic carboxylic acids is 1. The lowest BCUT2D eigenvalue weighted by Crippen LogP contribution is -2.35. The Morgan fingerprint density at radius 1 is 1.48 bits per heavy atom. The molecule has 0 amide bonds. The Labute approximate surface area is 129 Å². The number of hydrogen-bond donors (Lipinski definition) is 1. The predicted molar refractivity (Wildman–Crippen MR) is 81.0 cm³/mol. The van der Waals surface area contributed by atoms with Gasteiger partial charge in [0.05, 0.1) is 5.02 Å². The van der Waals surface area contributed by atoms with Crippen LogP contribution in [0.5, 0.6) is 0 Å². The summed E-state index contributed by atoms with van der Waals surface area (Å²) in [5, 5.41) is 8.89. The fourth-order valence-electron chi connectivity index (χ4n) is 2.94. The van der Waals surface area contributed by atoms with Gasteiger partial charge >= 0.3 is 5.97 Å². The van der Waals surface area contributed by atoms with Crippen LogP contribution in [0.15, 0.2) is 18.2 Å². The zero-order valence-electron chi connectivity index (χ0n) is 12.2. The number of hydrogen-bond acceptors (Lipinski definition) is 2. The van der Waals surface area contributed by atoms with Gasteiger partial charge in [0, 0.05) is 12.5 Å². The van der Waals surface area contributed by atoms with Gasteiger partial charge in [0.25, 0.3) is 0 Å². The predicted octanol–water partition coefficient (Wildman–Crippen LogP) is 4.12. The van der Waals surface area contributed by atoms with Crippen LogP contribution < -0.4 is 0 Å². The Bertz CT molecular complexity index is 501. The van der Waals surface area contributed by atoms with Crippen molar-refractivity contribution in [3.05, 3.63) is 34.6 Å². The minimum Gasteiger partial charge on any atom is -0.481 e. The second kappa shape index (κ2) is 7.23. The molecular formula is C16H21ClFNO2. The summed E-state index contributed by atoms with van der Waals surface area (Å²) < 4.78 is 13.2. The van der Waals surface area contributed by atoms with Gasteiger partial charge in [-0.2, -0.15) is 0 Å². The summed E-state index contributed by atoms with van der Waals surface area (Å²) in [4.78, 5) is 13.0. The Morgan fingerprint density at radius 3 is 2.71 bits per heavy atom. The van der Waals surface area contributed by atoms with Gasteiger partial charge in [-0.3, -0.25) is 9.69 Å². The number of likely N-dealkylation sites (tertiary alicyclic amines) is 1. The lowest BCUT2D eigenvalue weighted by Gasteiger charge is -2.36. The number of carboxylic acid groups (broad SMARTS) is 1. The van der Waals surface area contributed by atoms with Crippen LogP contribution >= 0.6 is 11.6 Å². The SMILES string of the molecule is CC(c1ccc(F)c(Cl)c1)N1CCC(CCC(=O)O)CC1. The quantitative estimate of drug-likeness (QED) is 0.889. The number of carboxylic acids is 1. The van der Waals surface area contributed by atoms with Gasteiger partial charge in [-0.1, -0.05) is 17.7 Å². The van der Waals surface area contributed by atoms with Crippen molar-refractivity contribution in [3.63, 3.8) is 0 Å². The van der Waals surface area contributed by atoms with Crippen molar-refractivity contribution < 1.29 is 14.3 Å². The van der Waals surface area contributed by atoms with Crippen molar-refractivity contribution in [3.8, 4) is 0 Å². The van der Waals surface area contributed by atoms with Crippen molar-refractivity contribution in [2.45, 2.75) is 38.6 Å². The van der Waals surface area contributed by atoms with Gasteiger partial charge in [0.15, 0.2) is 0 Å². The molecule has 0 aromatic heterocycles. The van der Waals surface area contributed by atoms with Gasteiger partial charge in [-0.05, 0) is 62.9 Å². The van der Waals surface area contributed by atoms with Crippen molar-refractivity contribution in [1.29, 1.82) is 0 Å². The van der Waals surface area contributed by atoms with Crippen LogP contribution in [0.4, 0.5) is 4.39 Å². The first-order valence-electron chi connectivity index (χ1n) is 7.38. The molecule has 1 saturated heterocycles. The highest BCUT2D eigenvalue weighted by molar-refractivity contribution is 6.30. The minimum absolute atomic E-state index is 0.163. The summed E-state index contributed by atoms with van der Waals surface area (Å²) >= 11 is 5.84. The highest BCUT2D eigenvalue weighted by Crippen LogP contribution is 2.30. The average molecular weight is 314 g/mol. The molecule has 3 nitrogen and oxygen atoms in total. The molecule has 2 rings (SSSR count). The largest absolute Gasteiger partial charge is 0.481 e. The molecule has 21 heavy (non-hydrogen) atoms. The van der Waals surface area contributed by atoms with Crippen LogP contribution in [0.2, 0.25) is 5.02 Å². The van der Waals surface area contributed by atoms with E-state index in [9.17, 15) is 9.18 Å². The van der Waals surface area contributed by atoms with Crippen molar-refractivity contribution in [2.24, 2.45) is 5.92 Å². The zero-order valence-corrected chi connectivity index (χ0v) is 12.9. The maximum absolute atomic E-state index is 13.2. The number of nitrogens with zero attached hydrogens (tertiary/aromatic N) is 1. The zero-order chi connectivity index (χ0) is 15.4. The third kappa shape index (κ3) is 4.42. The van der Waals surface area contributed by atoms with E-state index in [1.165, 1.54) is 6.07 Å². The van der Waals surface area contributed by atoms with E-state index in [1.807, 2.05) is 0 Å². The number of halogens is 2. The van der Waals surface area contributed by atoms with Crippen LogP contribution in [-0.2, 0) is 4.79 Å². The van der Waals surface area contributed by atoms with Gasteiger partial charge in [-0.25, -0.2) is 4.39 Å². The summed E-state index contributed by atoms with van der Waals surface area (Å²) in [6.07, 6.45) is 3.06. The average Bonchev–Trinajstić information content (AvgIpc) is 2.48. The van der Waals surface area contributed by atoms with E-state index < -0.39 is 5.97 Å². The summed E-state index contributed by atoms with van der Waals surface area (Å²) in [6.45, 7) is 3.99. The number of benzene rings is 1. The molecule has 1 unspecified atom stereocenters. The van der Waals surface area contributed by atoms with Crippen LogP contribution in [-0.4, -0.2) is 29.1 Å². The summed E-state index contributed by atoms with van der Waals surface area (Å²) in [7, 11) is 0. The summed E-state index contributed by atoms with van der Waals surface area (Å²) in [6, 6.07) is 5.08. The first-order chi connectivity index (χ1) is 9.97. The Morgan fingerprint density at radius 2 is 2.14 bits per heavy atom. The lowest BCUT2D eigenvalue weighted by molar-refractivity contribution is -0.137.